The molecule has 164 valence electrons. The van der Waals surface area contributed by atoms with Gasteiger partial charge in [-0.05, 0) is 0 Å². The van der Waals surface area contributed by atoms with Gasteiger partial charge in [-0.25, -0.2) is 6.07 Å². The second-order valence-electron chi connectivity index (χ2n) is 7.46. The number of hydrogen-bond acceptors (Lipinski definition) is 0. The summed E-state index contributed by atoms with van der Waals surface area (Å²) < 4.78 is 0. The second-order valence-corrected chi connectivity index (χ2v) is 11.3. The van der Waals surface area contributed by atoms with Crippen LogP contribution in [0.5, 0.6) is 0 Å². The zero-order chi connectivity index (χ0) is 19.2. The maximum absolute atomic E-state index is 2.48. The molecule has 0 atom stereocenters. The molecule has 0 bridgehead atoms. The molecule has 4 rings (SSSR count). The van der Waals surface area contributed by atoms with Gasteiger partial charge < -0.3 is 37.2 Å². The van der Waals surface area contributed by atoms with Crippen LogP contribution >= 0.6 is 0 Å². The molecule has 0 aliphatic rings. The van der Waals surface area contributed by atoms with Crippen molar-refractivity contribution in [3.05, 3.63) is 115 Å². The summed E-state index contributed by atoms with van der Waals surface area (Å²) in [6.45, 7) is 2.26. The molecule has 5 heteroatoms. The van der Waals surface area contributed by atoms with Gasteiger partial charge in [0.05, 0.1) is 0 Å². The first-order valence-corrected chi connectivity index (χ1v) is 12.3. The number of unbranched alkanes of at least 4 members (excludes halogenated alkanes) is 1. The molecule has 0 N–H and O–H groups in total. The van der Waals surface area contributed by atoms with Crippen LogP contribution in [-0.2, 0) is 28.1 Å². The van der Waals surface area contributed by atoms with E-state index in [9.17, 15) is 0 Å². The van der Waals surface area contributed by atoms with Crippen molar-refractivity contribution in [1.29, 1.82) is 0 Å². The molecule has 0 radical (unpaired) electrons. The van der Waals surface area contributed by atoms with Crippen LogP contribution in [-0.4, -0.2) is 8.07 Å². The van der Waals surface area contributed by atoms with Crippen molar-refractivity contribution in [2.24, 2.45) is 0 Å². The molecule has 0 nitrogen and oxygen atoms in total. The number of rotatable bonds is 7. The van der Waals surface area contributed by atoms with E-state index in [0.29, 0.717) is 0 Å². The van der Waals surface area contributed by atoms with Gasteiger partial charge in [-0.15, -0.1) is 5.19 Å². The van der Waals surface area contributed by atoms with Crippen LogP contribution in [0.1, 0.15) is 25.3 Å². The van der Waals surface area contributed by atoms with Gasteiger partial charge in [-0.2, -0.15) is 17.7 Å². The van der Waals surface area contributed by atoms with E-state index in [2.05, 4.69) is 116 Å². The molecule has 4 aromatic carbocycles. The van der Waals surface area contributed by atoms with Gasteiger partial charge in [-0.3, -0.25) is 0 Å². The van der Waals surface area contributed by atoms with E-state index in [1.54, 1.807) is 0 Å². The average Bonchev–Trinajstić information content (AvgIpc) is 3.24. The van der Waals surface area contributed by atoms with E-state index >= 15 is 0 Å². The predicted molar refractivity (Wildman–Crippen MR) is 124 cm³/mol. The second kappa shape index (κ2) is 14.9. The first-order valence-electron chi connectivity index (χ1n) is 10.3. The smallest absolute Gasteiger partial charge is 1.00 e. The zero-order valence-corrected chi connectivity index (χ0v) is 23.0. The summed E-state index contributed by atoms with van der Waals surface area (Å²) in [6.07, 6.45) is 3.65. The monoisotopic (exact) mass is 532 g/mol. The van der Waals surface area contributed by atoms with Crippen molar-refractivity contribution >= 4 is 28.8 Å². The van der Waals surface area contributed by atoms with Crippen LogP contribution in [0.3, 0.4) is 0 Å². The van der Waals surface area contributed by atoms with Gasteiger partial charge in [0.15, 0.2) is 0 Å². The molecule has 0 heterocycles. The van der Waals surface area contributed by atoms with Crippen molar-refractivity contribution in [3.8, 4) is 0 Å². The van der Waals surface area contributed by atoms with Crippen molar-refractivity contribution < 1.29 is 58.9 Å². The molecule has 0 fully saturated rings. The normalized spacial score (nSPS) is 10.0. The Hall–Kier alpha value is -1.19. The standard InChI is InChI=1S/C27H27Si.3ClH.Ti/c1-2-3-13-23-20-21-27(22-23)28(24-14-7-4-8-15-24,25-16-9-5-10-17-25)26-18-11-6-12-19-26;;;;/h4-12,14-22H,2-3,13H2,1H3;3*1H;/q-1;;;;+4/p-3. The minimum absolute atomic E-state index is 0. The molecule has 0 saturated carbocycles. The molecule has 0 unspecified atom stereocenters. The summed E-state index contributed by atoms with van der Waals surface area (Å²) in [7, 11) is -2.32. The summed E-state index contributed by atoms with van der Waals surface area (Å²) in [5.41, 5.74) is 1.47. The first-order chi connectivity index (χ1) is 13.9. The summed E-state index contributed by atoms with van der Waals surface area (Å²) >= 11 is 0. The quantitative estimate of drug-likeness (QED) is 0.127. The van der Waals surface area contributed by atoms with E-state index in [1.807, 2.05) is 0 Å². The Balaban J connectivity index is 0.00000240. The Labute approximate surface area is 227 Å². The van der Waals surface area contributed by atoms with Crippen LogP contribution in [0, 0.1) is 0 Å². The minimum Gasteiger partial charge on any atom is -1.00 e. The van der Waals surface area contributed by atoms with E-state index in [1.165, 1.54) is 45.6 Å². The fraction of sp³-hybridized carbons (Fsp3) is 0.148. The topological polar surface area (TPSA) is 0 Å². The largest absolute Gasteiger partial charge is 4.00 e. The Kier molecular flexibility index (Phi) is 14.3. The molecule has 0 amide bonds. The molecule has 0 aliphatic heterocycles. The van der Waals surface area contributed by atoms with Gasteiger partial charge in [0.1, 0.15) is 8.07 Å². The third-order valence-electron chi connectivity index (χ3n) is 5.69. The van der Waals surface area contributed by atoms with Gasteiger partial charge in [0.25, 0.3) is 0 Å². The molecule has 0 aliphatic carbocycles. The van der Waals surface area contributed by atoms with Crippen LogP contribution in [0.25, 0.3) is 0 Å². The van der Waals surface area contributed by atoms with E-state index in [4.69, 9.17) is 0 Å². The third-order valence-corrected chi connectivity index (χ3v) is 10.5. The van der Waals surface area contributed by atoms with Gasteiger partial charge in [0.2, 0.25) is 0 Å². The van der Waals surface area contributed by atoms with E-state index in [0.717, 1.165) is 0 Å². The Morgan fingerprint density at radius 3 is 1.41 bits per heavy atom. The van der Waals surface area contributed by atoms with Crippen molar-refractivity contribution in [3.63, 3.8) is 0 Å². The fourth-order valence-electron chi connectivity index (χ4n) is 4.33. The van der Waals surface area contributed by atoms with Gasteiger partial charge in [0, 0.05) is 0 Å². The predicted octanol–water partition coefficient (Wildman–Crippen LogP) is -4.86. The fourth-order valence-corrected chi connectivity index (χ4v) is 9.14. The molecule has 4 aromatic rings. The first kappa shape index (κ1) is 30.8. The van der Waals surface area contributed by atoms with Crippen molar-refractivity contribution in [2.45, 2.75) is 26.2 Å². The van der Waals surface area contributed by atoms with E-state index < -0.39 is 8.07 Å². The molecular formula is C27H27Cl3SiTi. The maximum Gasteiger partial charge on any atom is 4.00 e. The number of halogens is 3. The third kappa shape index (κ3) is 6.23. The number of aryl methyl sites for hydroxylation is 1. The molecule has 0 aromatic heterocycles. The summed E-state index contributed by atoms with van der Waals surface area (Å²) in [6, 6.07) is 40.6. The average molecular weight is 534 g/mol. The summed E-state index contributed by atoms with van der Waals surface area (Å²) in [5.74, 6) is 0. The minimum atomic E-state index is -2.32. The summed E-state index contributed by atoms with van der Waals surface area (Å²) in [4.78, 5) is 0. The zero-order valence-electron chi connectivity index (χ0n) is 18.1. The van der Waals surface area contributed by atoms with Crippen LogP contribution in [0.15, 0.2) is 109 Å². The van der Waals surface area contributed by atoms with Gasteiger partial charge >= 0.3 is 21.7 Å². The van der Waals surface area contributed by atoms with Crippen LogP contribution < -0.4 is 58.0 Å². The summed E-state index contributed by atoms with van der Waals surface area (Å²) in [5, 5.41) is 5.82. The number of benzene rings is 3. The van der Waals surface area contributed by atoms with Crippen LogP contribution in [0.4, 0.5) is 0 Å². The molecule has 32 heavy (non-hydrogen) atoms. The molecular weight excluding hydrogens is 507 g/mol. The van der Waals surface area contributed by atoms with Crippen LogP contribution in [0.2, 0.25) is 0 Å². The Bertz CT molecular complexity index is 908. The SMILES string of the molecule is CCCCc1cc[c-]([Si](c2ccccc2)(c2ccccc2)c2ccccc2)c1.[Cl-].[Cl-].[Cl-].[Ti+4]. The number of hydrogen-bond donors (Lipinski definition) is 0. The maximum atomic E-state index is 2.48. The van der Waals surface area contributed by atoms with Gasteiger partial charge in [-0.1, -0.05) is 133 Å². The van der Waals surface area contributed by atoms with Crippen molar-refractivity contribution in [2.75, 3.05) is 0 Å². The van der Waals surface area contributed by atoms with E-state index in [-0.39, 0.29) is 58.9 Å². The Morgan fingerprint density at radius 1 is 0.625 bits per heavy atom. The Morgan fingerprint density at radius 2 is 1.03 bits per heavy atom. The van der Waals surface area contributed by atoms with Crippen molar-refractivity contribution in [1.82, 2.24) is 0 Å². The molecule has 0 saturated heterocycles. The molecule has 0 spiro atoms.